The number of hydrogen-bond donors (Lipinski definition) is 3. The van der Waals surface area contributed by atoms with Gasteiger partial charge in [-0.05, 0) is 56.5 Å². The van der Waals surface area contributed by atoms with Crippen LogP contribution in [0.1, 0.15) is 52.9 Å². The van der Waals surface area contributed by atoms with E-state index < -0.39 is 11.7 Å². The molecule has 1 atom stereocenters. The predicted octanol–water partition coefficient (Wildman–Crippen LogP) is 3.03. The molecule has 1 amide bonds. The second-order valence-electron chi connectivity index (χ2n) is 8.76. The number of hydrazine groups is 1. The third-order valence-electron chi connectivity index (χ3n) is 6.22. The summed E-state index contributed by atoms with van der Waals surface area (Å²) >= 11 is 0. The van der Waals surface area contributed by atoms with Crippen LogP contribution in [-0.2, 0) is 0 Å². The van der Waals surface area contributed by atoms with Gasteiger partial charge in [0.2, 0.25) is 0 Å². The highest BCUT2D eigenvalue weighted by Crippen LogP contribution is 2.39. The molecule has 1 saturated carbocycles. The van der Waals surface area contributed by atoms with Crippen LogP contribution >= 0.6 is 0 Å². The lowest BCUT2D eigenvalue weighted by Gasteiger charge is -2.22. The van der Waals surface area contributed by atoms with Crippen molar-refractivity contribution in [1.82, 2.24) is 14.6 Å². The van der Waals surface area contributed by atoms with Gasteiger partial charge in [0.05, 0.1) is 40.6 Å². The second kappa shape index (κ2) is 8.45. The number of carbonyl (C=O) groups excluding carboxylic acids is 1. The minimum Gasteiger partial charge on any atom is -0.488 e. The Morgan fingerprint density at radius 3 is 2.85 bits per heavy atom. The van der Waals surface area contributed by atoms with Gasteiger partial charge in [0, 0.05) is 12.1 Å². The molecule has 5 N–H and O–H groups in total. The van der Waals surface area contributed by atoms with Gasteiger partial charge in [-0.1, -0.05) is 6.07 Å². The number of fused-ring (bicyclic) bond motifs is 1. The van der Waals surface area contributed by atoms with Crippen molar-refractivity contribution in [1.29, 1.82) is 0 Å². The summed E-state index contributed by atoms with van der Waals surface area (Å²) in [6, 6.07) is 7.83. The highest BCUT2D eigenvalue weighted by Gasteiger charge is 2.28. The zero-order valence-corrected chi connectivity index (χ0v) is 19.0. The van der Waals surface area contributed by atoms with Crippen molar-refractivity contribution in [3.8, 4) is 11.4 Å². The number of ether oxygens (including phenoxy) is 1. The Morgan fingerprint density at radius 1 is 1.32 bits per heavy atom. The minimum absolute atomic E-state index is 0.0879. The van der Waals surface area contributed by atoms with E-state index in [0.29, 0.717) is 40.0 Å². The number of nitrogens with two attached hydrogens (primary N) is 2. The first-order valence-corrected chi connectivity index (χ1v) is 11.1. The van der Waals surface area contributed by atoms with Gasteiger partial charge in [-0.3, -0.25) is 9.80 Å². The van der Waals surface area contributed by atoms with Gasteiger partial charge < -0.3 is 20.5 Å². The normalized spacial score (nSPS) is 18.9. The number of aromatic nitrogens is 2. The fraction of sp³-hybridized carbons (Fsp3) is 0.292. The number of benzene rings is 2. The molecular formula is C24H26FN7O2. The predicted molar refractivity (Wildman–Crippen MR) is 126 cm³/mol. The van der Waals surface area contributed by atoms with Crippen molar-refractivity contribution in [3.05, 3.63) is 71.1 Å². The number of aryl methyl sites for hydroxylation is 1. The standard InChI is InChI=1S/C24H26FN7O2/c1-13-8-18(25)17(9-21(13)31-10-20(28-12-31)15-6-7-15)24(33)29-19-5-3-4-16-22(19)34-11-14(2)32(27)23(16)30-26/h3-5,8-10,12,14-15H,6-7,11,26-27H2,1-2H3,(H,29,33)/b30-23-/t14-/m0/s1. The van der Waals surface area contributed by atoms with Crippen molar-refractivity contribution in [2.45, 2.75) is 38.6 Å². The molecule has 0 saturated heterocycles. The van der Waals surface area contributed by atoms with E-state index in [1.165, 1.54) is 17.1 Å². The van der Waals surface area contributed by atoms with Crippen molar-refractivity contribution >= 4 is 17.4 Å². The van der Waals surface area contributed by atoms with Crippen LogP contribution in [0.5, 0.6) is 5.75 Å². The number of rotatable bonds is 4. The molecule has 0 bridgehead atoms. The van der Waals surface area contributed by atoms with Crippen molar-refractivity contribution < 1.29 is 13.9 Å². The summed E-state index contributed by atoms with van der Waals surface area (Å²) in [5, 5.41) is 8.00. The molecule has 2 heterocycles. The molecule has 2 aromatic carbocycles. The number of amidine groups is 1. The lowest BCUT2D eigenvalue weighted by atomic mass is 10.1. The summed E-state index contributed by atoms with van der Waals surface area (Å²) in [7, 11) is 0. The van der Waals surface area contributed by atoms with E-state index in [0.717, 1.165) is 18.5 Å². The molecular weight excluding hydrogens is 437 g/mol. The van der Waals surface area contributed by atoms with Gasteiger partial charge in [0.15, 0.2) is 11.6 Å². The molecule has 1 aliphatic carbocycles. The monoisotopic (exact) mass is 463 g/mol. The summed E-state index contributed by atoms with van der Waals surface area (Å²) < 4.78 is 22.6. The van der Waals surface area contributed by atoms with E-state index in [9.17, 15) is 9.18 Å². The first-order valence-electron chi connectivity index (χ1n) is 11.1. The van der Waals surface area contributed by atoms with E-state index in [-0.39, 0.29) is 18.2 Å². The lowest BCUT2D eigenvalue weighted by Crippen LogP contribution is -2.46. The zero-order chi connectivity index (χ0) is 24.0. The Hall–Kier alpha value is -3.92. The average Bonchev–Trinajstić information content (AvgIpc) is 3.57. The van der Waals surface area contributed by atoms with Crippen molar-refractivity contribution in [3.63, 3.8) is 0 Å². The fourth-order valence-corrected chi connectivity index (χ4v) is 4.10. The lowest BCUT2D eigenvalue weighted by molar-refractivity contribution is 0.102. The van der Waals surface area contributed by atoms with E-state index in [1.807, 2.05) is 17.7 Å². The summed E-state index contributed by atoms with van der Waals surface area (Å²) in [4.78, 5) is 17.6. The number of nitrogens with one attached hydrogen (secondary N) is 1. The summed E-state index contributed by atoms with van der Waals surface area (Å²) in [6.07, 6.45) is 5.91. The summed E-state index contributed by atoms with van der Waals surface area (Å²) in [6.45, 7) is 3.92. The molecule has 5 rings (SSSR count). The Balaban J connectivity index is 1.48. The second-order valence-corrected chi connectivity index (χ2v) is 8.76. The molecule has 1 aromatic heterocycles. The number of anilines is 1. The minimum atomic E-state index is -0.616. The first kappa shape index (κ1) is 21.9. The number of nitrogens with zero attached hydrogens (tertiary/aromatic N) is 4. The van der Waals surface area contributed by atoms with Crippen LogP contribution < -0.4 is 21.7 Å². The van der Waals surface area contributed by atoms with Crippen LogP contribution in [0, 0.1) is 12.7 Å². The zero-order valence-electron chi connectivity index (χ0n) is 19.0. The number of imidazole rings is 1. The van der Waals surface area contributed by atoms with Crippen LogP contribution in [0.2, 0.25) is 0 Å². The van der Waals surface area contributed by atoms with Gasteiger partial charge in [0.1, 0.15) is 12.4 Å². The number of para-hydroxylation sites is 1. The molecule has 3 aromatic rings. The van der Waals surface area contributed by atoms with E-state index in [1.54, 1.807) is 31.5 Å². The highest BCUT2D eigenvalue weighted by atomic mass is 19.1. The first-order chi connectivity index (χ1) is 16.4. The fourth-order valence-electron chi connectivity index (χ4n) is 4.10. The SMILES string of the molecule is Cc1cc(F)c(C(=O)Nc2cccc3c2OC[C@H](C)N(N)/C3=N\N)cc1-n1cnc(C2CC2)c1. The molecule has 0 radical (unpaired) electrons. The van der Waals surface area contributed by atoms with Gasteiger partial charge in [-0.15, -0.1) is 0 Å². The maximum Gasteiger partial charge on any atom is 0.258 e. The molecule has 1 fully saturated rings. The number of amides is 1. The highest BCUT2D eigenvalue weighted by molar-refractivity contribution is 6.08. The van der Waals surface area contributed by atoms with E-state index in [2.05, 4.69) is 15.4 Å². The molecule has 0 unspecified atom stereocenters. The van der Waals surface area contributed by atoms with Crippen LogP contribution in [0.25, 0.3) is 5.69 Å². The molecule has 34 heavy (non-hydrogen) atoms. The Morgan fingerprint density at radius 2 is 2.12 bits per heavy atom. The average molecular weight is 464 g/mol. The van der Waals surface area contributed by atoms with Crippen LogP contribution in [-0.4, -0.2) is 39.0 Å². The summed E-state index contributed by atoms with van der Waals surface area (Å²) in [5.74, 6) is 11.7. The molecule has 10 heteroatoms. The van der Waals surface area contributed by atoms with E-state index >= 15 is 0 Å². The van der Waals surface area contributed by atoms with Gasteiger partial charge in [-0.25, -0.2) is 15.2 Å². The van der Waals surface area contributed by atoms with Gasteiger partial charge >= 0.3 is 0 Å². The van der Waals surface area contributed by atoms with E-state index in [4.69, 9.17) is 16.4 Å². The molecule has 0 spiro atoms. The summed E-state index contributed by atoms with van der Waals surface area (Å²) in [5.41, 5.74) is 3.22. The van der Waals surface area contributed by atoms with Crippen molar-refractivity contribution in [2.75, 3.05) is 11.9 Å². The maximum absolute atomic E-state index is 14.9. The largest absolute Gasteiger partial charge is 0.488 e. The van der Waals surface area contributed by atoms with Gasteiger partial charge in [0.25, 0.3) is 5.91 Å². The number of hydrogen-bond acceptors (Lipinski definition) is 6. The third-order valence-corrected chi connectivity index (χ3v) is 6.22. The maximum atomic E-state index is 14.9. The molecule has 2 aliphatic rings. The Labute approximate surface area is 196 Å². The molecule has 9 nitrogen and oxygen atoms in total. The topological polar surface area (TPSA) is 124 Å². The molecule has 1 aliphatic heterocycles. The van der Waals surface area contributed by atoms with Crippen LogP contribution in [0.4, 0.5) is 10.1 Å². The van der Waals surface area contributed by atoms with Crippen molar-refractivity contribution in [2.24, 2.45) is 16.8 Å². The molecule has 176 valence electrons. The van der Waals surface area contributed by atoms with Gasteiger partial charge in [-0.2, -0.15) is 5.10 Å². The van der Waals surface area contributed by atoms with Crippen LogP contribution in [0.15, 0.2) is 48.0 Å². The third kappa shape index (κ3) is 3.86. The Bertz CT molecular complexity index is 1300. The Kier molecular flexibility index (Phi) is 5.45. The smallest absolute Gasteiger partial charge is 0.258 e. The number of carbonyl (C=O) groups is 1. The number of hydrazone groups is 1. The number of halogens is 1. The quantitative estimate of drug-likeness (QED) is 0.404. The van der Waals surface area contributed by atoms with Crippen LogP contribution in [0.3, 0.4) is 0 Å².